The molecule has 1 aromatic carbocycles. The van der Waals surface area contributed by atoms with Crippen LogP contribution in [0.25, 0.3) is 10.9 Å². The van der Waals surface area contributed by atoms with Crippen molar-refractivity contribution in [2.24, 2.45) is 0 Å². The molecule has 0 aliphatic heterocycles. The molecule has 6 nitrogen and oxygen atoms in total. The smallest absolute Gasteiger partial charge is 0.242 e. The van der Waals surface area contributed by atoms with Crippen LogP contribution in [0.15, 0.2) is 64.2 Å². The maximum atomic E-state index is 12.6. The van der Waals surface area contributed by atoms with Gasteiger partial charge in [-0.15, -0.1) is 0 Å². The summed E-state index contributed by atoms with van der Waals surface area (Å²) in [4.78, 5) is 4.32. The number of nitrogens with zero attached hydrogens (tertiary/aromatic N) is 1. The van der Waals surface area contributed by atoms with Crippen LogP contribution in [-0.2, 0) is 14.8 Å². The number of ether oxygens (including phenoxy) is 1. The van der Waals surface area contributed by atoms with E-state index in [1.165, 1.54) is 19.4 Å². The van der Waals surface area contributed by atoms with Crippen molar-refractivity contribution in [2.45, 2.75) is 11.0 Å². The molecule has 0 bridgehead atoms. The zero-order valence-electron chi connectivity index (χ0n) is 12.5. The molecular formula is C16H16N2O4S. The first kappa shape index (κ1) is 15.7. The quantitative estimate of drug-likeness (QED) is 0.750. The molecule has 0 saturated heterocycles. The highest BCUT2D eigenvalue weighted by atomic mass is 32.2. The van der Waals surface area contributed by atoms with Gasteiger partial charge in [-0.05, 0) is 24.3 Å². The Morgan fingerprint density at radius 2 is 2.04 bits per heavy atom. The molecule has 1 N–H and O–H groups in total. The van der Waals surface area contributed by atoms with E-state index < -0.39 is 16.1 Å². The number of nitrogens with one attached hydrogen (secondary N) is 1. The minimum Gasteiger partial charge on any atom is -0.467 e. The van der Waals surface area contributed by atoms with E-state index in [2.05, 4.69) is 9.71 Å². The lowest BCUT2D eigenvalue weighted by atomic mass is 10.2. The first-order valence-corrected chi connectivity index (χ1v) is 8.50. The van der Waals surface area contributed by atoms with E-state index in [1.54, 1.807) is 30.5 Å². The fraction of sp³-hybridized carbons (Fsp3) is 0.188. The van der Waals surface area contributed by atoms with Crippen LogP contribution in [0.1, 0.15) is 11.9 Å². The van der Waals surface area contributed by atoms with Gasteiger partial charge in [-0.1, -0.05) is 18.2 Å². The zero-order valence-corrected chi connectivity index (χ0v) is 13.3. The number of fused-ring (bicyclic) bond motifs is 1. The van der Waals surface area contributed by atoms with E-state index in [0.29, 0.717) is 11.3 Å². The molecule has 2 aromatic heterocycles. The highest BCUT2D eigenvalue weighted by Gasteiger charge is 2.21. The van der Waals surface area contributed by atoms with Gasteiger partial charge in [-0.2, -0.15) is 0 Å². The average Bonchev–Trinajstić information content (AvgIpc) is 3.09. The summed E-state index contributed by atoms with van der Waals surface area (Å²) in [5.74, 6) is 0.561. The second-order valence-corrected chi connectivity index (χ2v) is 6.66. The summed E-state index contributed by atoms with van der Waals surface area (Å²) in [5, 5.41) is 0.768. The van der Waals surface area contributed by atoms with E-state index in [9.17, 15) is 8.42 Å². The van der Waals surface area contributed by atoms with Crippen molar-refractivity contribution in [2.75, 3.05) is 13.7 Å². The predicted molar refractivity (Wildman–Crippen MR) is 85.4 cm³/mol. The third kappa shape index (κ3) is 3.26. The van der Waals surface area contributed by atoms with Crippen LogP contribution in [0.5, 0.6) is 0 Å². The third-order valence-electron chi connectivity index (χ3n) is 3.49. The lowest BCUT2D eigenvalue weighted by molar-refractivity contribution is 0.0878. The Morgan fingerprint density at radius 1 is 1.22 bits per heavy atom. The molecule has 7 heteroatoms. The summed E-state index contributed by atoms with van der Waals surface area (Å²) in [7, 11) is -2.22. The SMILES string of the molecule is COC(CNS(=O)(=O)c1cccc2cccnc12)c1ccco1. The maximum absolute atomic E-state index is 12.6. The van der Waals surface area contributed by atoms with Gasteiger partial charge in [-0.25, -0.2) is 13.1 Å². The Hall–Kier alpha value is -2.22. The van der Waals surface area contributed by atoms with Gasteiger partial charge in [0.2, 0.25) is 10.0 Å². The van der Waals surface area contributed by atoms with Gasteiger partial charge in [0.15, 0.2) is 0 Å². The number of benzene rings is 1. The minimum atomic E-state index is -3.72. The van der Waals surface area contributed by atoms with E-state index >= 15 is 0 Å². The number of hydrogen-bond acceptors (Lipinski definition) is 5. The molecule has 0 aliphatic carbocycles. The van der Waals surface area contributed by atoms with E-state index in [4.69, 9.17) is 9.15 Å². The molecule has 3 aromatic rings. The fourth-order valence-corrected chi connectivity index (χ4v) is 3.54. The van der Waals surface area contributed by atoms with Gasteiger partial charge in [0.05, 0.1) is 11.8 Å². The number of furan rings is 1. The number of sulfonamides is 1. The summed E-state index contributed by atoms with van der Waals surface area (Å²) < 4.78 is 38.3. The summed E-state index contributed by atoms with van der Waals surface area (Å²) >= 11 is 0. The zero-order chi connectivity index (χ0) is 16.3. The molecule has 0 spiro atoms. The molecule has 23 heavy (non-hydrogen) atoms. The van der Waals surface area contributed by atoms with Gasteiger partial charge >= 0.3 is 0 Å². The molecule has 0 aliphatic rings. The van der Waals surface area contributed by atoms with Crippen molar-refractivity contribution in [3.8, 4) is 0 Å². The first-order valence-electron chi connectivity index (χ1n) is 7.01. The summed E-state index contributed by atoms with van der Waals surface area (Å²) in [5.41, 5.74) is 0.439. The topological polar surface area (TPSA) is 81.4 Å². The van der Waals surface area contributed by atoms with Crippen LogP contribution in [-0.4, -0.2) is 27.1 Å². The first-order chi connectivity index (χ1) is 11.1. The summed E-state index contributed by atoms with van der Waals surface area (Å²) in [6.45, 7) is 0.0650. The lowest BCUT2D eigenvalue weighted by Gasteiger charge is -2.14. The van der Waals surface area contributed by atoms with E-state index in [0.717, 1.165) is 5.39 Å². The van der Waals surface area contributed by atoms with Gasteiger partial charge < -0.3 is 9.15 Å². The average molecular weight is 332 g/mol. The number of pyridine rings is 1. The Morgan fingerprint density at radius 3 is 2.78 bits per heavy atom. The van der Waals surface area contributed by atoms with Gasteiger partial charge in [0, 0.05) is 25.2 Å². The van der Waals surface area contributed by atoms with Crippen molar-refractivity contribution >= 4 is 20.9 Å². The normalized spacial score (nSPS) is 13.3. The second-order valence-electron chi connectivity index (χ2n) is 4.92. The van der Waals surface area contributed by atoms with Crippen molar-refractivity contribution in [1.82, 2.24) is 9.71 Å². The molecule has 1 atom stereocenters. The fourth-order valence-electron chi connectivity index (χ4n) is 2.33. The Labute approximate surface area is 134 Å². The highest BCUT2D eigenvalue weighted by Crippen LogP contribution is 2.22. The maximum Gasteiger partial charge on any atom is 0.242 e. The third-order valence-corrected chi connectivity index (χ3v) is 4.94. The molecule has 0 saturated carbocycles. The number of methoxy groups -OCH3 is 1. The van der Waals surface area contributed by atoms with Crippen LogP contribution in [0.3, 0.4) is 0 Å². The van der Waals surface area contributed by atoms with Crippen molar-refractivity contribution < 1.29 is 17.6 Å². The summed E-state index contributed by atoms with van der Waals surface area (Å²) in [6, 6.07) is 12.1. The van der Waals surface area contributed by atoms with Crippen molar-refractivity contribution in [3.05, 3.63) is 60.7 Å². The molecular weight excluding hydrogens is 316 g/mol. The lowest BCUT2D eigenvalue weighted by Crippen LogP contribution is -2.29. The molecule has 0 fully saturated rings. The van der Waals surface area contributed by atoms with E-state index in [-0.39, 0.29) is 11.4 Å². The second kappa shape index (κ2) is 6.49. The Kier molecular flexibility index (Phi) is 4.42. The van der Waals surface area contributed by atoms with Crippen LogP contribution < -0.4 is 4.72 Å². The Balaban J connectivity index is 1.86. The minimum absolute atomic E-state index is 0.0650. The number of hydrogen-bond donors (Lipinski definition) is 1. The van der Waals surface area contributed by atoms with Gasteiger partial charge in [0.25, 0.3) is 0 Å². The van der Waals surface area contributed by atoms with Crippen molar-refractivity contribution in [1.29, 1.82) is 0 Å². The predicted octanol–water partition coefficient (Wildman–Crippen LogP) is 2.49. The number of para-hydroxylation sites is 1. The van der Waals surface area contributed by atoms with Crippen LogP contribution >= 0.6 is 0 Å². The molecule has 2 heterocycles. The monoisotopic (exact) mass is 332 g/mol. The van der Waals surface area contributed by atoms with Crippen LogP contribution in [0.2, 0.25) is 0 Å². The van der Waals surface area contributed by atoms with E-state index in [1.807, 2.05) is 12.1 Å². The van der Waals surface area contributed by atoms with Gasteiger partial charge in [-0.3, -0.25) is 4.98 Å². The molecule has 120 valence electrons. The molecule has 1 unspecified atom stereocenters. The van der Waals surface area contributed by atoms with Gasteiger partial charge in [0.1, 0.15) is 16.8 Å². The van der Waals surface area contributed by atoms with Crippen LogP contribution in [0, 0.1) is 0 Å². The highest BCUT2D eigenvalue weighted by molar-refractivity contribution is 7.89. The van der Waals surface area contributed by atoms with Crippen molar-refractivity contribution in [3.63, 3.8) is 0 Å². The largest absolute Gasteiger partial charge is 0.467 e. The van der Waals surface area contributed by atoms with Crippen LogP contribution in [0.4, 0.5) is 0 Å². The number of rotatable bonds is 6. The standard InChI is InChI=1S/C16H16N2O4S/c1-21-14(13-7-4-10-22-13)11-18-23(19,20)15-8-2-5-12-6-3-9-17-16(12)15/h2-10,14,18H,11H2,1H3. The molecule has 0 amide bonds. The molecule has 0 radical (unpaired) electrons. The molecule has 3 rings (SSSR count). The number of aromatic nitrogens is 1. The Bertz CT molecular complexity index is 886. The summed E-state index contributed by atoms with van der Waals surface area (Å²) in [6.07, 6.45) is 2.59.